The highest BCUT2D eigenvalue weighted by atomic mass is 14.0. The Kier molecular flexibility index (Phi) is 13.3. The molecule has 0 spiro atoms. The summed E-state index contributed by atoms with van der Waals surface area (Å²) < 4.78 is 0. The van der Waals surface area contributed by atoms with Crippen LogP contribution >= 0.6 is 0 Å². The minimum atomic E-state index is 0.893. The maximum atomic E-state index is 2.35. The molecule has 0 nitrogen and oxygen atoms in total. The molecule has 0 aliphatic heterocycles. The molecule has 0 amide bonds. The summed E-state index contributed by atoms with van der Waals surface area (Å²) in [6.07, 6.45) is 5.60. The van der Waals surface area contributed by atoms with Crippen LogP contribution in [0, 0.1) is 11.8 Å². The van der Waals surface area contributed by atoms with E-state index in [4.69, 9.17) is 0 Å². The second-order valence-electron chi connectivity index (χ2n) is 3.84. The predicted molar refractivity (Wildman–Crippen MR) is 59.5 cm³/mol. The summed E-state index contributed by atoms with van der Waals surface area (Å²) in [6, 6.07) is 0. The third-order valence-electron chi connectivity index (χ3n) is 2.18. The van der Waals surface area contributed by atoms with Gasteiger partial charge in [-0.3, -0.25) is 0 Å². The Hall–Kier alpha value is 0. The quantitative estimate of drug-likeness (QED) is 0.554. The monoisotopic (exact) mass is 172 g/mol. The molecular formula is C12H28. The lowest BCUT2D eigenvalue weighted by Gasteiger charge is -2.08. The van der Waals surface area contributed by atoms with Crippen LogP contribution in [-0.2, 0) is 0 Å². The van der Waals surface area contributed by atoms with Gasteiger partial charge in [0.25, 0.3) is 0 Å². The second kappa shape index (κ2) is 11.0. The topological polar surface area (TPSA) is 0 Å². The Balaban J connectivity index is 0. The van der Waals surface area contributed by atoms with Gasteiger partial charge in [-0.05, 0) is 11.8 Å². The van der Waals surface area contributed by atoms with Gasteiger partial charge in [0.05, 0.1) is 0 Å². The van der Waals surface area contributed by atoms with Crippen molar-refractivity contribution in [3.63, 3.8) is 0 Å². The zero-order chi connectivity index (χ0) is 9.98. The van der Waals surface area contributed by atoms with Crippen molar-refractivity contribution in [1.82, 2.24) is 0 Å². The maximum Gasteiger partial charge on any atom is -0.0445 e. The zero-order valence-corrected chi connectivity index (χ0v) is 9.98. The predicted octanol–water partition coefficient (Wildman–Crippen LogP) is 4.89. The third-order valence-corrected chi connectivity index (χ3v) is 2.18. The Bertz CT molecular complexity index is 64.4. The molecule has 0 heterocycles. The van der Waals surface area contributed by atoms with E-state index in [1.807, 2.05) is 13.8 Å². The van der Waals surface area contributed by atoms with Gasteiger partial charge in [-0.25, -0.2) is 0 Å². The molecular weight excluding hydrogens is 144 g/mol. The van der Waals surface area contributed by atoms with E-state index in [9.17, 15) is 0 Å². The van der Waals surface area contributed by atoms with Gasteiger partial charge >= 0.3 is 0 Å². The molecule has 0 aromatic rings. The largest absolute Gasteiger partial charge is 0.0683 e. The molecule has 0 radical (unpaired) electrons. The highest BCUT2D eigenvalue weighted by Gasteiger charge is 1.99. The first-order valence-corrected chi connectivity index (χ1v) is 5.66. The van der Waals surface area contributed by atoms with Crippen LogP contribution in [0.15, 0.2) is 0 Å². The highest BCUT2D eigenvalue weighted by molar-refractivity contribution is 4.52. The Morgan fingerprint density at radius 1 is 0.917 bits per heavy atom. The zero-order valence-electron chi connectivity index (χ0n) is 9.98. The summed E-state index contributed by atoms with van der Waals surface area (Å²) in [5.74, 6) is 1.84. The van der Waals surface area contributed by atoms with Crippen LogP contribution in [0.25, 0.3) is 0 Å². The number of hydrogen-bond donors (Lipinski definition) is 0. The summed E-state index contributed by atoms with van der Waals surface area (Å²) in [5, 5.41) is 0. The summed E-state index contributed by atoms with van der Waals surface area (Å²) in [4.78, 5) is 0. The SMILES string of the molecule is CC.CCC(C)CCCC(C)C. The fourth-order valence-electron chi connectivity index (χ4n) is 1.08. The van der Waals surface area contributed by atoms with Gasteiger partial charge in [0.2, 0.25) is 0 Å². The molecule has 1 atom stereocenters. The van der Waals surface area contributed by atoms with Crippen LogP contribution in [0.4, 0.5) is 0 Å². The molecule has 1 unspecified atom stereocenters. The standard InChI is InChI=1S/C10H22.C2H6/c1-5-10(4)8-6-7-9(2)3;1-2/h9-10H,5-8H2,1-4H3;1-2H3. The van der Waals surface area contributed by atoms with Gasteiger partial charge < -0.3 is 0 Å². The van der Waals surface area contributed by atoms with E-state index in [1.165, 1.54) is 25.7 Å². The van der Waals surface area contributed by atoms with E-state index in [0.717, 1.165) is 11.8 Å². The minimum absolute atomic E-state index is 0.893. The Morgan fingerprint density at radius 3 is 1.75 bits per heavy atom. The van der Waals surface area contributed by atoms with Crippen LogP contribution in [0.1, 0.15) is 67.2 Å². The van der Waals surface area contributed by atoms with Gasteiger partial charge in [0.1, 0.15) is 0 Å². The summed E-state index contributed by atoms with van der Waals surface area (Å²) >= 11 is 0. The molecule has 0 aliphatic rings. The van der Waals surface area contributed by atoms with Gasteiger partial charge in [-0.1, -0.05) is 67.2 Å². The molecule has 0 aromatic heterocycles. The highest BCUT2D eigenvalue weighted by Crippen LogP contribution is 2.14. The van der Waals surface area contributed by atoms with E-state index in [-0.39, 0.29) is 0 Å². The summed E-state index contributed by atoms with van der Waals surface area (Å²) in [6.45, 7) is 13.2. The van der Waals surface area contributed by atoms with Crippen LogP contribution in [0.2, 0.25) is 0 Å². The average Bonchev–Trinajstić information content (AvgIpc) is 2.07. The molecule has 76 valence electrons. The van der Waals surface area contributed by atoms with Crippen LogP contribution < -0.4 is 0 Å². The van der Waals surface area contributed by atoms with Crippen molar-refractivity contribution >= 4 is 0 Å². The molecule has 0 aliphatic carbocycles. The molecule has 12 heavy (non-hydrogen) atoms. The second-order valence-corrected chi connectivity index (χ2v) is 3.84. The summed E-state index contributed by atoms with van der Waals surface area (Å²) in [5.41, 5.74) is 0. The van der Waals surface area contributed by atoms with Crippen molar-refractivity contribution in [3.05, 3.63) is 0 Å². The molecule has 0 saturated carbocycles. The molecule has 0 bridgehead atoms. The van der Waals surface area contributed by atoms with Gasteiger partial charge in [-0.15, -0.1) is 0 Å². The van der Waals surface area contributed by atoms with Gasteiger partial charge in [0, 0.05) is 0 Å². The van der Waals surface area contributed by atoms with Crippen molar-refractivity contribution in [3.8, 4) is 0 Å². The lowest BCUT2D eigenvalue weighted by atomic mass is 9.98. The molecule has 0 saturated heterocycles. The maximum absolute atomic E-state index is 2.35. The Morgan fingerprint density at radius 2 is 1.42 bits per heavy atom. The van der Waals surface area contributed by atoms with Crippen molar-refractivity contribution < 1.29 is 0 Å². The average molecular weight is 172 g/mol. The molecule has 0 heteroatoms. The van der Waals surface area contributed by atoms with Crippen LogP contribution in [0.5, 0.6) is 0 Å². The lowest BCUT2D eigenvalue weighted by molar-refractivity contribution is 0.449. The third kappa shape index (κ3) is 12.7. The number of rotatable bonds is 5. The van der Waals surface area contributed by atoms with E-state index in [0.29, 0.717) is 0 Å². The smallest absolute Gasteiger partial charge is 0.0445 e. The first kappa shape index (κ1) is 14.5. The molecule has 0 N–H and O–H groups in total. The first-order chi connectivity index (χ1) is 5.66. The van der Waals surface area contributed by atoms with Gasteiger partial charge in [-0.2, -0.15) is 0 Å². The van der Waals surface area contributed by atoms with Crippen molar-refractivity contribution in [1.29, 1.82) is 0 Å². The van der Waals surface area contributed by atoms with Crippen molar-refractivity contribution in [2.75, 3.05) is 0 Å². The molecule has 0 aromatic carbocycles. The fraction of sp³-hybridized carbons (Fsp3) is 1.00. The van der Waals surface area contributed by atoms with E-state index < -0.39 is 0 Å². The Labute approximate surface area is 79.8 Å². The fourth-order valence-corrected chi connectivity index (χ4v) is 1.08. The van der Waals surface area contributed by atoms with E-state index >= 15 is 0 Å². The summed E-state index contributed by atoms with van der Waals surface area (Å²) in [7, 11) is 0. The van der Waals surface area contributed by atoms with Crippen molar-refractivity contribution in [2.24, 2.45) is 11.8 Å². The number of hydrogen-bond acceptors (Lipinski definition) is 0. The van der Waals surface area contributed by atoms with E-state index in [2.05, 4.69) is 27.7 Å². The normalized spacial score (nSPS) is 12.2. The molecule has 0 fully saturated rings. The molecule has 0 rings (SSSR count). The van der Waals surface area contributed by atoms with Crippen LogP contribution in [-0.4, -0.2) is 0 Å². The van der Waals surface area contributed by atoms with Crippen LogP contribution in [0.3, 0.4) is 0 Å². The first-order valence-electron chi connectivity index (χ1n) is 5.66. The van der Waals surface area contributed by atoms with E-state index in [1.54, 1.807) is 0 Å². The van der Waals surface area contributed by atoms with Crippen molar-refractivity contribution in [2.45, 2.75) is 67.2 Å². The minimum Gasteiger partial charge on any atom is -0.0683 e. The van der Waals surface area contributed by atoms with Gasteiger partial charge in [0.15, 0.2) is 0 Å². The lowest BCUT2D eigenvalue weighted by Crippen LogP contribution is -1.94.